The zero-order chi connectivity index (χ0) is 15.6. The lowest BCUT2D eigenvalue weighted by Crippen LogP contribution is -2.14. The first-order valence-electron chi connectivity index (χ1n) is 5.62. The van der Waals surface area contributed by atoms with E-state index >= 15 is 0 Å². The summed E-state index contributed by atoms with van der Waals surface area (Å²) in [7, 11) is 0. The van der Waals surface area contributed by atoms with Crippen LogP contribution in [0.4, 0.5) is 15.8 Å². The van der Waals surface area contributed by atoms with Crippen LogP contribution in [0, 0.1) is 15.9 Å². The number of carbonyl (C=O) groups is 1. The van der Waals surface area contributed by atoms with E-state index in [1.54, 1.807) is 0 Å². The van der Waals surface area contributed by atoms with Crippen molar-refractivity contribution in [2.24, 2.45) is 0 Å². The number of benzene rings is 2. The maximum Gasteiger partial charge on any atom is 0.282 e. The van der Waals surface area contributed by atoms with Gasteiger partial charge in [-0.25, -0.2) is 4.39 Å². The number of nitro groups is 1. The van der Waals surface area contributed by atoms with Gasteiger partial charge >= 0.3 is 0 Å². The fourth-order valence-corrected chi connectivity index (χ4v) is 1.88. The summed E-state index contributed by atoms with van der Waals surface area (Å²) in [6.45, 7) is 0. The summed E-state index contributed by atoms with van der Waals surface area (Å²) >= 11 is 2.97. The van der Waals surface area contributed by atoms with Crippen molar-refractivity contribution in [3.05, 3.63) is 62.4 Å². The van der Waals surface area contributed by atoms with Gasteiger partial charge in [0.15, 0.2) is 0 Å². The van der Waals surface area contributed by atoms with Crippen molar-refractivity contribution in [2.75, 3.05) is 5.32 Å². The highest BCUT2D eigenvalue weighted by Crippen LogP contribution is 2.25. The summed E-state index contributed by atoms with van der Waals surface area (Å²) < 4.78 is 13.6. The maximum atomic E-state index is 13.4. The summed E-state index contributed by atoms with van der Waals surface area (Å²) in [5.74, 6) is -1.69. The van der Waals surface area contributed by atoms with E-state index in [9.17, 15) is 24.4 Å². The van der Waals surface area contributed by atoms with Crippen LogP contribution in [0.1, 0.15) is 10.4 Å². The first-order chi connectivity index (χ1) is 9.88. The number of phenols is 1. The molecular weight excluding hydrogens is 347 g/mol. The predicted octanol–water partition coefficient (Wildman–Crippen LogP) is 3.45. The van der Waals surface area contributed by atoms with E-state index in [2.05, 4.69) is 21.2 Å². The molecule has 6 nitrogen and oxygen atoms in total. The van der Waals surface area contributed by atoms with E-state index in [1.807, 2.05) is 0 Å². The summed E-state index contributed by atoms with van der Waals surface area (Å²) in [5.41, 5.74) is -0.635. The van der Waals surface area contributed by atoms with Gasteiger partial charge in [-0.05, 0) is 46.3 Å². The Morgan fingerprint density at radius 3 is 2.62 bits per heavy atom. The first-order valence-corrected chi connectivity index (χ1v) is 6.41. The first kappa shape index (κ1) is 14.9. The van der Waals surface area contributed by atoms with Crippen LogP contribution in [-0.2, 0) is 0 Å². The average molecular weight is 355 g/mol. The Hall–Kier alpha value is -2.48. The van der Waals surface area contributed by atoms with Crippen LogP contribution in [0.25, 0.3) is 0 Å². The van der Waals surface area contributed by atoms with Gasteiger partial charge < -0.3 is 10.4 Å². The van der Waals surface area contributed by atoms with Gasteiger partial charge in [-0.2, -0.15) is 0 Å². The third-order valence-electron chi connectivity index (χ3n) is 2.60. The molecule has 0 bridgehead atoms. The Kier molecular flexibility index (Phi) is 4.18. The molecule has 2 aromatic rings. The molecule has 0 atom stereocenters. The SMILES string of the molecule is O=C(Nc1ccc(Br)c(F)c1)c1cc(O)ccc1[N+](=O)[O-]. The highest BCUT2D eigenvalue weighted by Gasteiger charge is 2.21. The fourth-order valence-electron chi connectivity index (χ4n) is 1.64. The van der Waals surface area contributed by atoms with Crippen molar-refractivity contribution in [1.29, 1.82) is 0 Å². The molecule has 0 aromatic heterocycles. The number of aromatic hydroxyl groups is 1. The lowest BCUT2D eigenvalue weighted by Gasteiger charge is -2.07. The summed E-state index contributed by atoms with van der Waals surface area (Å²) in [4.78, 5) is 22.2. The van der Waals surface area contributed by atoms with Crippen molar-refractivity contribution in [3.8, 4) is 5.75 Å². The summed E-state index contributed by atoms with van der Waals surface area (Å²) in [6, 6.07) is 6.99. The number of nitro benzene ring substituents is 1. The largest absolute Gasteiger partial charge is 0.508 e. The molecule has 2 N–H and O–H groups in total. The monoisotopic (exact) mass is 354 g/mol. The number of phenolic OH excluding ortho intramolecular Hbond substituents is 1. The molecule has 0 fully saturated rings. The molecule has 0 saturated carbocycles. The molecule has 0 heterocycles. The van der Waals surface area contributed by atoms with Crippen LogP contribution < -0.4 is 5.32 Å². The van der Waals surface area contributed by atoms with Gasteiger partial charge in [0.2, 0.25) is 0 Å². The van der Waals surface area contributed by atoms with E-state index in [1.165, 1.54) is 12.1 Å². The molecule has 0 aliphatic rings. The number of amides is 1. The number of nitrogens with zero attached hydrogens (tertiary/aromatic N) is 1. The molecule has 8 heteroatoms. The Morgan fingerprint density at radius 2 is 2.00 bits per heavy atom. The van der Waals surface area contributed by atoms with Crippen molar-refractivity contribution in [3.63, 3.8) is 0 Å². The smallest absolute Gasteiger partial charge is 0.282 e. The van der Waals surface area contributed by atoms with Crippen LogP contribution in [-0.4, -0.2) is 15.9 Å². The molecule has 108 valence electrons. The molecule has 21 heavy (non-hydrogen) atoms. The average Bonchev–Trinajstić information content (AvgIpc) is 2.42. The van der Waals surface area contributed by atoms with Crippen molar-refractivity contribution >= 4 is 33.2 Å². The molecule has 0 aliphatic heterocycles. The van der Waals surface area contributed by atoms with Crippen LogP contribution in [0.3, 0.4) is 0 Å². The predicted molar refractivity (Wildman–Crippen MR) is 76.8 cm³/mol. The number of rotatable bonds is 3. The van der Waals surface area contributed by atoms with Crippen LogP contribution in [0.5, 0.6) is 5.75 Å². The molecule has 0 unspecified atom stereocenters. The zero-order valence-electron chi connectivity index (χ0n) is 10.3. The van der Waals surface area contributed by atoms with Gasteiger partial charge in [-0.1, -0.05) is 0 Å². The fraction of sp³-hybridized carbons (Fsp3) is 0. The van der Waals surface area contributed by atoms with Crippen molar-refractivity contribution in [2.45, 2.75) is 0 Å². The maximum absolute atomic E-state index is 13.4. The van der Waals surface area contributed by atoms with Gasteiger partial charge in [0.25, 0.3) is 11.6 Å². The standard InChI is InChI=1S/C13H8BrFN2O4/c14-10-3-1-7(5-11(10)15)16-13(19)9-6-8(18)2-4-12(9)17(20)21/h1-6,18H,(H,16,19). The topological polar surface area (TPSA) is 92.5 Å². The Balaban J connectivity index is 2.34. The van der Waals surface area contributed by atoms with Gasteiger partial charge in [0.1, 0.15) is 17.1 Å². The van der Waals surface area contributed by atoms with E-state index in [4.69, 9.17) is 0 Å². The van der Waals surface area contributed by atoms with Crippen LogP contribution in [0.2, 0.25) is 0 Å². The van der Waals surface area contributed by atoms with Gasteiger partial charge in [0.05, 0.1) is 9.40 Å². The number of anilines is 1. The number of hydrogen-bond donors (Lipinski definition) is 2. The third-order valence-corrected chi connectivity index (χ3v) is 3.24. The van der Waals surface area contributed by atoms with Crippen LogP contribution in [0.15, 0.2) is 40.9 Å². The van der Waals surface area contributed by atoms with Gasteiger partial charge in [-0.15, -0.1) is 0 Å². The van der Waals surface area contributed by atoms with Gasteiger partial charge in [0, 0.05) is 11.8 Å². The number of carbonyl (C=O) groups excluding carboxylic acids is 1. The third kappa shape index (κ3) is 3.34. The Labute approximate surface area is 126 Å². The molecule has 0 spiro atoms. The minimum Gasteiger partial charge on any atom is -0.508 e. The van der Waals surface area contributed by atoms with E-state index in [0.29, 0.717) is 0 Å². The van der Waals surface area contributed by atoms with E-state index < -0.39 is 22.3 Å². The minimum absolute atomic E-state index is 0.137. The number of nitrogens with one attached hydrogen (secondary N) is 1. The molecule has 1 amide bonds. The molecular formula is C13H8BrFN2O4. The van der Waals surface area contributed by atoms with Crippen molar-refractivity contribution in [1.82, 2.24) is 0 Å². The number of hydrogen-bond acceptors (Lipinski definition) is 4. The lowest BCUT2D eigenvalue weighted by molar-refractivity contribution is -0.385. The van der Waals surface area contributed by atoms with Gasteiger partial charge in [-0.3, -0.25) is 14.9 Å². The Bertz CT molecular complexity index is 736. The molecule has 0 saturated heterocycles. The Morgan fingerprint density at radius 1 is 1.29 bits per heavy atom. The number of halogens is 2. The molecule has 0 radical (unpaired) electrons. The summed E-state index contributed by atoms with van der Waals surface area (Å²) in [5, 5.41) is 22.5. The zero-order valence-corrected chi connectivity index (χ0v) is 11.9. The second kappa shape index (κ2) is 5.88. The van der Waals surface area contributed by atoms with Crippen LogP contribution >= 0.6 is 15.9 Å². The molecule has 2 rings (SSSR count). The van der Waals surface area contributed by atoms with E-state index in [0.717, 1.165) is 24.3 Å². The highest BCUT2D eigenvalue weighted by atomic mass is 79.9. The quantitative estimate of drug-likeness (QED) is 0.652. The van der Waals surface area contributed by atoms with E-state index in [-0.39, 0.29) is 21.5 Å². The summed E-state index contributed by atoms with van der Waals surface area (Å²) in [6.07, 6.45) is 0. The second-order valence-corrected chi connectivity index (χ2v) is 4.90. The van der Waals surface area contributed by atoms with Crippen molar-refractivity contribution < 1.29 is 19.2 Å². The molecule has 0 aliphatic carbocycles. The normalized spacial score (nSPS) is 10.2. The molecule has 2 aromatic carbocycles. The second-order valence-electron chi connectivity index (χ2n) is 4.04. The highest BCUT2D eigenvalue weighted by molar-refractivity contribution is 9.10. The minimum atomic E-state index is -0.820. The lowest BCUT2D eigenvalue weighted by atomic mass is 10.1.